The van der Waals surface area contributed by atoms with Gasteiger partial charge in [-0.05, 0) is 54.6 Å². The van der Waals surface area contributed by atoms with E-state index >= 15 is 0 Å². The summed E-state index contributed by atoms with van der Waals surface area (Å²) >= 11 is 6.29. The summed E-state index contributed by atoms with van der Waals surface area (Å²) in [6.45, 7) is 5.83. The number of aromatic hydroxyl groups is 1. The van der Waals surface area contributed by atoms with Crippen LogP contribution in [0.15, 0.2) is 60.8 Å². The molecule has 2 aromatic heterocycles. The Morgan fingerprint density at radius 1 is 1.06 bits per heavy atom. The summed E-state index contributed by atoms with van der Waals surface area (Å²) in [5, 5.41) is 21.4. The standard InChI is InChI=1S/C24H25ClN6O2/c25-22-7-4-19(32)15-21(22)17-1-8-23-28-24(29-31(23)16-17)27-18-2-5-20(6-3-18)33-14-13-30-11-9-26-10-12-30/h1-8,15-16,26,32H,9-14H2,(H,27,29). The van der Waals surface area contributed by atoms with Crippen LogP contribution in [0.3, 0.4) is 0 Å². The van der Waals surface area contributed by atoms with E-state index in [9.17, 15) is 5.11 Å². The highest BCUT2D eigenvalue weighted by Gasteiger charge is 2.10. The quantitative estimate of drug-likeness (QED) is 0.383. The van der Waals surface area contributed by atoms with Gasteiger partial charge in [-0.3, -0.25) is 4.90 Å². The molecule has 170 valence electrons. The Balaban J connectivity index is 1.23. The summed E-state index contributed by atoms with van der Waals surface area (Å²) in [7, 11) is 0. The molecular weight excluding hydrogens is 440 g/mol. The molecule has 0 radical (unpaired) electrons. The zero-order valence-electron chi connectivity index (χ0n) is 18.0. The van der Waals surface area contributed by atoms with Gasteiger partial charge in [0, 0.05) is 60.8 Å². The maximum atomic E-state index is 9.79. The van der Waals surface area contributed by atoms with E-state index in [4.69, 9.17) is 16.3 Å². The minimum atomic E-state index is 0.159. The van der Waals surface area contributed by atoms with Gasteiger partial charge in [-0.25, -0.2) is 4.52 Å². The number of piperazine rings is 1. The van der Waals surface area contributed by atoms with Crippen molar-refractivity contribution in [3.05, 3.63) is 65.8 Å². The number of phenols is 1. The van der Waals surface area contributed by atoms with Gasteiger partial charge in [-0.1, -0.05) is 11.6 Å². The SMILES string of the molecule is Oc1ccc(Cl)c(-c2ccc3nc(Nc4ccc(OCCN5CCNCC5)cc4)nn3c2)c1. The van der Waals surface area contributed by atoms with Gasteiger partial charge in [0.2, 0.25) is 5.95 Å². The number of hydrogen-bond donors (Lipinski definition) is 3. The second kappa shape index (κ2) is 9.66. The van der Waals surface area contributed by atoms with Gasteiger partial charge >= 0.3 is 0 Å². The van der Waals surface area contributed by atoms with Crippen molar-refractivity contribution in [2.24, 2.45) is 0 Å². The molecule has 2 aromatic carbocycles. The van der Waals surface area contributed by atoms with Crippen LogP contribution in [0.5, 0.6) is 11.5 Å². The Bertz CT molecular complexity index is 1240. The summed E-state index contributed by atoms with van der Waals surface area (Å²) in [5.74, 6) is 1.49. The Kier molecular flexibility index (Phi) is 6.30. The summed E-state index contributed by atoms with van der Waals surface area (Å²) < 4.78 is 7.57. The van der Waals surface area contributed by atoms with Crippen LogP contribution in [0.2, 0.25) is 5.02 Å². The molecule has 3 heterocycles. The highest BCUT2D eigenvalue weighted by atomic mass is 35.5. The number of nitrogens with one attached hydrogen (secondary N) is 2. The molecule has 0 bridgehead atoms. The minimum Gasteiger partial charge on any atom is -0.508 e. The van der Waals surface area contributed by atoms with Crippen molar-refractivity contribution < 1.29 is 9.84 Å². The normalized spacial score (nSPS) is 14.5. The second-order valence-electron chi connectivity index (χ2n) is 7.91. The van der Waals surface area contributed by atoms with E-state index in [1.165, 1.54) is 0 Å². The summed E-state index contributed by atoms with van der Waals surface area (Å²) in [4.78, 5) is 6.93. The molecule has 1 aliphatic rings. The number of pyridine rings is 1. The smallest absolute Gasteiger partial charge is 0.247 e. The third kappa shape index (κ3) is 5.19. The molecule has 0 saturated carbocycles. The molecule has 1 aliphatic heterocycles. The minimum absolute atomic E-state index is 0.159. The number of nitrogens with zero attached hydrogens (tertiary/aromatic N) is 4. The molecule has 5 rings (SSSR count). The average Bonchev–Trinajstić information content (AvgIpc) is 3.24. The van der Waals surface area contributed by atoms with E-state index in [1.54, 1.807) is 22.7 Å². The molecule has 0 amide bonds. The number of phenolic OH excluding ortho intramolecular Hbond substituents is 1. The molecule has 33 heavy (non-hydrogen) atoms. The van der Waals surface area contributed by atoms with Gasteiger partial charge in [0.25, 0.3) is 0 Å². The highest BCUT2D eigenvalue weighted by molar-refractivity contribution is 6.33. The van der Waals surface area contributed by atoms with Crippen LogP contribution in [0.25, 0.3) is 16.8 Å². The number of ether oxygens (including phenoxy) is 1. The molecule has 9 heteroatoms. The van der Waals surface area contributed by atoms with E-state index < -0.39 is 0 Å². The van der Waals surface area contributed by atoms with Crippen molar-refractivity contribution in [1.29, 1.82) is 0 Å². The van der Waals surface area contributed by atoms with Gasteiger partial charge in [-0.2, -0.15) is 4.98 Å². The third-order valence-electron chi connectivity index (χ3n) is 5.59. The maximum Gasteiger partial charge on any atom is 0.247 e. The first-order valence-corrected chi connectivity index (χ1v) is 11.3. The fourth-order valence-electron chi connectivity index (χ4n) is 3.82. The van der Waals surface area contributed by atoms with Gasteiger partial charge in [-0.15, -0.1) is 5.10 Å². The molecule has 0 atom stereocenters. The van der Waals surface area contributed by atoms with Gasteiger partial charge < -0.3 is 20.5 Å². The molecular formula is C24H25ClN6O2. The van der Waals surface area contributed by atoms with Crippen molar-refractivity contribution >= 4 is 28.9 Å². The van der Waals surface area contributed by atoms with E-state index in [0.29, 0.717) is 23.2 Å². The lowest BCUT2D eigenvalue weighted by Gasteiger charge is -2.26. The van der Waals surface area contributed by atoms with Crippen molar-refractivity contribution in [1.82, 2.24) is 24.8 Å². The van der Waals surface area contributed by atoms with Crippen LogP contribution in [0.1, 0.15) is 0 Å². The largest absolute Gasteiger partial charge is 0.508 e. The van der Waals surface area contributed by atoms with E-state index in [2.05, 4.69) is 25.6 Å². The predicted octanol–water partition coefficient (Wildman–Crippen LogP) is 3.78. The number of anilines is 2. The van der Waals surface area contributed by atoms with Crippen LogP contribution in [0, 0.1) is 0 Å². The average molecular weight is 465 g/mol. The number of rotatable bonds is 7. The topological polar surface area (TPSA) is 87.0 Å². The first-order chi connectivity index (χ1) is 16.1. The van der Waals surface area contributed by atoms with Gasteiger partial charge in [0.05, 0.1) is 0 Å². The van der Waals surface area contributed by atoms with Crippen LogP contribution in [-0.2, 0) is 0 Å². The van der Waals surface area contributed by atoms with Gasteiger partial charge in [0.1, 0.15) is 18.1 Å². The number of hydrogen-bond acceptors (Lipinski definition) is 7. The molecule has 1 fully saturated rings. The Labute approximate surface area is 196 Å². The number of benzene rings is 2. The molecule has 0 unspecified atom stereocenters. The summed E-state index contributed by atoms with van der Waals surface area (Å²) in [6.07, 6.45) is 1.84. The first-order valence-electron chi connectivity index (χ1n) is 10.9. The zero-order valence-corrected chi connectivity index (χ0v) is 18.8. The number of halogens is 1. The molecule has 4 aromatic rings. The third-order valence-corrected chi connectivity index (χ3v) is 5.92. The maximum absolute atomic E-state index is 9.79. The molecule has 8 nitrogen and oxygen atoms in total. The lowest BCUT2D eigenvalue weighted by molar-refractivity contribution is 0.191. The van der Waals surface area contributed by atoms with Crippen LogP contribution >= 0.6 is 11.6 Å². The molecule has 1 saturated heterocycles. The Morgan fingerprint density at radius 3 is 2.70 bits per heavy atom. The fourth-order valence-corrected chi connectivity index (χ4v) is 4.05. The van der Waals surface area contributed by atoms with Crippen LogP contribution in [-0.4, -0.2) is 63.9 Å². The molecule has 0 aliphatic carbocycles. The van der Waals surface area contributed by atoms with Gasteiger partial charge in [0.15, 0.2) is 5.65 Å². The van der Waals surface area contributed by atoms with Crippen molar-refractivity contribution in [2.45, 2.75) is 0 Å². The Morgan fingerprint density at radius 2 is 1.88 bits per heavy atom. The van der Waals surface area contributed by atoms with E-state index in [0.717, 1.165) is 55.3 Å². The lowest BCUT2D eigenvalue weighted by Crippen LogP contribution is -2.44. The zero-order chi connectivity index (χ0) is 22.6. The highest BCUT2D eigenvalue weighted by Crippen LogP contribution is 2.31. The van der Waals surface area contributed by atoms with Crippen LogP contribution in [0.4, 0.5) is 11.6 Å². The second-order valence-corrected chi connectivity index (χ2v) is 8.32. The monoisotopic (exact) mass is 464 g/mol. The van der Waals surface area contributed by atoms with E-state index in [-0.39, 0.29) is 5.75 Å². The van der Waals surface area contributed by atoms with E-state index in [1.807, 2.05) is 42.6 Å². The van der Waals surface area contributed by atoms with Crippen molar-refractivity contribution in [3.63, 3.8) is 0 Å². The lowest BCUT2D eigenvalue weighted by atomic mass is 10.1. The molecule has 3 N–H and O–H groups in total. The Hall–Kier alpha value is -3.33. The predicted molar refractivity (Wildman–Crippen MR) is 130 cm³/mol. The van der Waals surface area contributed by atoms with Crippen LogP contribution < -0.4 is 15.4 Å². The summed E-state index contributed by atoms with van der Waals surface area (Å²) in [5.41, 5.74) is 3.14. The molecule has 0 spiro atoms. The fraction of sp³-hybridized carbons (Fsp3) is 0.250. The van der Waals surface area contributed by atoms with Crippen molar-refractivity contribution in [2.75, 3.05) is 44.6 Å². The summed E-state index contributed by atoms with van der Waals surface area (Å²) in [6, 6.07) is 16.4. The van der Waals surface area contributed by atoms with Crippen molar-refractivity contribution in [3.8, 4) is 22.6 Å². The number of fused-ring (bicyclic) bond motifs is 1. The number of aromatic nitrogens is 3. The first kappa shape index (κ1) is 21.5.